The van der Waals surface area contributed by atoms with Gasteiger partial charge in [-0.1, -0.05) is 22.9 Å². The molecular formula is C18H15ClN4O3. The Morgan fingerprint density at radius 2 is 1.85 bits per heavy atom. The van der Waals surface area contributed by atoms with E-state index in [4.69, 9.17) is 16.3 Å². The van der Waals surface area contributed by atoms with Gasteiger partial charge in [0.2, 0.25) is 0 Å². The summed E-state index contributed by atoms with van der Waals surface area (Å²) in [4.78, 5) is 26.8. The predicted molar refractivity (Wildman–Crippen MR) is 96.5 cm³/mol. The van der Waals surface area contributed by atoms with Gasteiger partial charge < -0.3 is 4.74 Å². The molecule has 0 radical (unpaired) electrons. The largest absolute Gasteiger partial charge is 0.494 e. The molecule has 26 heavy (non-hydrogen) atoms. The number of imide groups is 1. The van der Waals surface area contributed by atoms with Gasteiger partial charge in [0.1, 0.15) is 5.75 Å². The van der Waals surface area contributed by atoms with Crippen LogP contribution in [0.2, 0.25) is 5.02 Å². The lowest BCUT2D eigenvalue weighted by molar-refractivity contribution is -0.121. The molecule has 0 aliphatic carbocycles. The van der Waals surface area contributed by atoms with Crippen LogP contribution >= 0.6 is 11.6 Å². The van der Waals surface area contributed by atoms with Crippen molar-refractivity contribution in [2.45, 2.75) is 19.0 Å². The molecule has 0 spiro atoms. The Labute approximate surface area is 154 Å². The van der Waals surface area contributed by atoms with Crippen LogP contribution in [0.15, 0.2) is 58.9 Å². The van der Waals surface area contributed by atoms with Crippen molar-refractivity contribution in [2.75, 3.05) is 16.5 Å². The van der Waals surface area contributed by atoms with Gasteiger partial charge in [0.05, 0.1) is 18.0 Å². The lowest BCUT2D eigenvalue weighted by Crippen LogP contribution is -2.39. The van der Waals surface area contributed by atoms with E-state index in [2.05, 4.69) is 10.3 Å². The van der Waals surface area contributed by atoms with Crippen LogP contribution in [0.1, 0.15) is 6.92 Å². The third-order valence-corrected chi connectivity index (χ3v) is 4.50. The Morgan fingerprint density at radius 1 is 1.08 bits per heavy atom. The maximum absolute atomic E-state index is 12.9. The standard InChI is InChI=1S/C18H15ClN4O3/c1-2-26-14-8-6-12(7-9-14)23-16-15(20-21-23)17(24)22(18(16)25)13-5-3-4-11(19)10-13/h3-10,15-16H,2H2,1H3. The molecule has 2 aliphatic heterocycles. The molecule has 2 heterocycles. The molecule has 4 rings (SSSR count). The van der Waals surface area contributed by atoms with Gasteiger partial charge in [0, 0.05) is 5.02 Å². The Bertz CT molecular complexity index is 900. The van der Waals surface area contributed by atoms with E-state index in [0.717, 1.165) is 10.6 Å². The highest BCUT2D eigenvalue weighted by Crippen LogP contribution is 2.35. The second-order valence-electron chi connectivity index (χ2n) is 5.86. The molecule has 1 saturated heterocycles. The van der Waals surface area contributed by atoms with E-state index in [1.54, 1.807) is 48.5 Å². The van der Waals surface area contributed by atoms with Gasteiger partial charge in [-0.2, -0.15) is 5.11 Å². The number of fused-ring (bicyclic) bond motifs is 1. The van der Waals surface area contributed by atoms with E-state index >= 15 is 0 Å². The van der Waals surface area contributed by atoms with Crippen LogP contribution in [0.5, 0.6) is 5.75 Å². The molecule has 132 valence electrons. The van der Waals surface area contributed by atoms with E-state index < -0.39 is 18.0 Å². The SMILES string of the molecule is CCOc1ccc(N2N=NC3C(=O)N(c4cccc(Cl)c4)C(=O)C32)cc1. The Hall–Kier alpha value is -2.93. The predicted octanol–water partition coefficient (Wildman–Crippen LogP) is 3.24. The summed E-state index contributed by atoms with van der Waals surface area (Å²) in [6.45, 7) is 2.47. The van der Waals surface area contributed by atoms with Gasteiger partial charge >= 0.3 is 0 Å². The van der Waals surface area contributed by atoms with Crippen LogP contribution in [-0.2, 0) is 9.59 Å². The Kier molecular flexibility index (Phi) is 4.08. The highest BCUT2D eigenvalue weighted by molar-refractivity contribution is 6.31. The van der Waals surface area contributed by atoms with E-state index in [1.165, 1.54) is 5.01 Å². The molecule has 0 bridgehead atoms. The van der Waals surface area contributed by atoms with Crippen molar-refractivity contribution in [3.05, 3.63) is 53.6 Å². The van der Waals surface area contributed by atoms with Gasteiger partial charge in [0.25, 0.3) is 11.8 Å². The summed E-state index contributed by atoms with van der Waals surface area (Å²) in [5, 5.41) is 9.98. The van der Waals surface area contributed by atoms with Crippen LogP contribution in [0.4, 0.5) is 11.4 Å². The zero-order valence-corrected chi connectivity index (χ0v) is 14.6. The van der Waals surface area contributed by atoms with Crippen LogP contribution < -0.4 is 14.6 Å². The van der Waals surface area contributed by atoms with E-state index in [9.17, 15) is 9.59 Å². The quantitative estimate of drug-likeness (QED) is 0.774. The number of hydrogen-bond acceptors (Lipinski definition) is 6. The summed E-state index contributed by atoms with van der Waals surface area (Å²) >= 11 is 5.99. The van der Waals surface area contributed by atoms with Crippen molar-refractivity contribution >= 4 is 34.8 Å². The van der Waals surface area contributed by atoms with Crippen LogP contribution in [0.3, 0.4) is 0 Å². The lowest BCUT2D eigenvalue weighted by Gasteiger charge is -2.20. The van der Waals surface area contributed by atoms with Crippen molar-refractivity contribution in [3.8, 4) is 5.75 Å². The second kappa shape index (κ2) is 6.42. The molecule has 7 nitrogen and oxygen atoms in total. The molecule has 2 aromatic carbocycles. The highest BCUT2D eigenvalue weighted by atomic mass is 35.5. The van der Waals surface area contributed by atoms with Gasteiger partial charge in [-0.15, -0.1) is 0 Å². The monoisotopic (exact) mass is 370 g/mol. The summed E-state index contributed by atoms with van der Waals surface area (Å²) < 4.78 is 5.42. The normalized spacial score (nSPS) is 21.5. The fraction of sp³-hybridized carbons (Fsp3) is 0.222. The molecule has 2 unspecified atom stereocenters. The van der Waals surface area contributed by atoms with Crippen molar-refractivity contribution in [1.29, 1.82) is 0 Å². The first-order valence-corrected chi connectivity index (χ1v) is 8.54. The number of ether oxygens (including phenoxy) is 1. The van der Waals surface area contributed by atoms with Crippen LogP contribution in [0, 0.1) is 0 Å². The topological polar surface area (TPSA) is 74.6 Å². The average molecular weight is 371 g/mol. The highest BCUT2D eigenvalue weighted by Gasteiger charge is 2.55. The Morgan fingerprint density at radius 3 is 2.54 bits per heavy atom. The van der Waals surface area contributed by atoms with Crippen LogP contribution in [0.25, 0.3) is 0 Å². The maximum Gasteiger partial charge on any atom is 0.263 e. The third kappa shape index (κ3) is 2.61. The minimum Gasteiger partial charge on any atom is -0.494 e. The van der Waals surface area contributed by atoms with Crippen molar-refractivity contribution in [3.63, 3.8) is 0 Å². The lowest BCUT2D eigenvalue weighted by atomic mass is 10.1. The molecule has 2 amide bonds. The van der Waals surface area contributed by atoms with E-state index in [1.807, 2.05) is 6.92 Å². The number of halogens is 1. The molecule has 1 fully saturated rings. The zero-order valence-electron chi connectivity index (χ0n) is 13.9. The average Bonchev–Trinajstić information content (AvgIpc) is 3.17. The number of rotatable bonds is 4. The van der Waals surface area contributed by atoms with Crippen LogP contribution in [-0.4, -0.2) is 30.5 Å². The smallest absolute Gasteiger partial charge is 0.263 e. The molecule has 0 saturated carbocycles. The molecule has 8 heteroatoms. The number of benzene rings is 2. The molecule has 0 aromatic heterocycles. The van der Waals surface area contributed by atoms with E-state index in [0.29, 0.717) is 23.0 Å². The number of anilines is 2. The first kappa shape index (κ1) is 16.5. The number of hydrogen-bond donors (Lipinski definition) is 0. The van der Waals surface area contributed by atoms with Gasteiger partial charge in [-0.3, -0.25) is 9.59 Å². The van der Waals surface area contributed by atoms with Crippen molar-refractivity contribution in [2.24, 2.45) is 10.3 Å². The first-order chi connectivity index (χ1) is 12.6. The zero-order chi connectivity index (χ0) is 18.3. The van der Waals surface area contributed by atoms with Crippen molar-refractivity contribution < 1.29 is 14.3 Å². The Balaban J connectivity index is 1.64. The number of amides is 2. The fourth-order valence-corrected chi connectivity index (χ4v) is 3.29. The number of carbonyl (C=O) groups excluding carboxylic acids is 2. The van der Waals surface area contributed by atoms with E-state index in [-0.39, 0.29) is 5.91 Å². The van der Waals surface area contributed by atoms with Gasteiger partial charge in [-0.05, 0) is 49.4 Å². The summed E-state index contributed by atoms with van der Waals surface area (Å²) in [5.41, 5.74) is 1.10. The minimum atomic E-state index is -0.854. The molecular weight excluding hydrogens is 356 g/mol. The summed E-state index contributed by atoms with van der Waals surface area (Å²) in [6, 6.07) is 12.1. The van der Waals surface area contributed by atoms with Gasteiger partial charge in [-0.25, -0.2) is 9.91 Å². The summed E-state index contributed by atoms with van der Waals surface area (Å²) in [7, 11) is 0. The summed E-state index contributed by atoms with van der Waals surface area (Å²) in [5.74, 6) is -0.0566. The molecule has 0 N–H and O–H groups in total. The second-order valence-corrected chi connectivity index (χ2v) is 6.29. The molecule has 2 atom stereocenters. The number of nitrogens with zero attached hydrogens (tertiary/aromatic N) is 4. The summed E-state index contributed by atoms with van der Waals surface area (Å²) in [6.07, 6.45) is 0. The molecule has 2 aromatic rings. The van der Waals surface area contributed by atoms with Crippen molar-refractivity contribution in [1.82, 2.24) is 0 Å². The maximum atomic E-state index is 12.9. The fourth-order valence-electron chi connectivity index (χ4n) is 3.10. The third-order valence-electron chi connectivity index (χ3n) is 4.26. The first-order valence-electron chi connectivity index (χ1n) is 8.16. The van der Waals surface area contributed by atoms with Gasteiger partial charge in [0.15, 0.2) is 12.1 Å². The number of carbonyl (C=O) groups is 2. The minimum absolute atomic E-state index is 0.374. The molecule has 2 aliphatic rings.